The zero-order valence-electron chi connectivity index (χ0n) is 10.4. The lowest BCUT2D eigenvalue weighted by Crippen LogP contribution is -2.43. The van der Waals surface area contributed by atoms with Gasteiger partial charge in [0.15, 0.2) is 0 Å². The Morgan fingerprint density at radius 1 is 1.40 bits per heavy atom. The minimum atomic E-state index is 0.123. The van der Waals surface area contributed by atoms with Crippen molar-refractivity contribution in [1.29, 1.82) is 0 Å². The Morgan fingerprint density at radius 2 is 2.00 bits per heavy atom. The highest BCUT2D eigenvalue weighted by Crippen LogP contribution is 2.27. The van der Waals surface area contributed by atoms with Crippen molar-refractivity contribution in [3.05, 3.63) is 0 Å². The third-order valence-electron chi connectivity index (χ3n) is 3.15. The lowest BCUT2D eigenvalue weighted by atomic mass is 9.88. The van der Waals surface area contributed by atoms with Crippen LogP contribution in [0.25, 0.3) is 0 Å². The van der Waals surface area contributed by atoms with Gasteiger partial charge in [0.1, 0.15) is 0 Å². The van der Waals surface area contributed by atoms with E-state index in [1.54, 1.807) is 0 Å². The van der Waals surface area contributed by atoms with Gasteiger partial charge in [0.2, 0.25) is 5.91 Å². The highest BCUT2D eigenvalue weighted by Gasteiger charge is 2.22. The van der Waals surface area contributed by atoms with Crippen molar-refractivity contribution >= 4 is 5.91 Å². The van der Waals surface area contributed by atoms with Crippen LogP contribution in [0.15, 0.2) is 0 Å². The van der Waals surface area contributed by atoms with Crippen LogP contribution in [0.2, 0.25) is 0 Å². The van der Waals surface area contributed by atoms with Gasteiger partial charge in [-0.3, -0.25) is 4.79 Å². The Hall–Kier alpha value is -0.570. The molecule has 1 amide bonds. The second-order valence-electron chi connectivity index (χ2n) is 5.72. The molecule has 1 rings (SSSR count). The molecular weight excluding hydrogens is 188 g/mol. The van der Waals surface area contributed by atoms with Crippen LogP contribution in [0.4, 0.5) is 0 Å². The molecule has 1 saturated carbocycles. The second kappa shape index (κ2) is 4.97. The van der Waals surface area contributed by atoms with E-state index < -0.39 is 0 Å². The van der Waals surface area contributed by atoms with E-state index in [2.05, 4.69) is 38.3 Å². The van der Waals surface area contributed by atoms with Gasteiger partial charge in [0, 0.05) is 12.6 Å². The molecule has 0 aromatic rings. The standard InChI is InChI=1S/C12H24N2O/c1-9(12(2,3)4)13-8-11(15)14-7-10-5-6-10/h9-10,13H,5-8H2,1-4H3,(H,14,15). The summed E-state index contributed by atoms with van der Waals surface area (Å²) in [6, 6.07) is 0.351. The first-order chi connectivity index (χ1) is 6.89. The fourth-order valence-electron chi connectivity index (χ4n) is 1.19. The fraction of sp³-hybridized carbons (Fsp3) is 0.917. The summed E-state index contributed by atoms with van der Waals surface area (Å²) in [5.74, 6) is 0.881. The van der Waals surface area contributed by atoms with Gasteiger partial charge >= 0.3 is 0 Å². The monoisotopic (exact) mass is 212 g/mol. The zero-order chi connectivity index (χ0) is 11.5. The second-order valence-corrected chi connectivity index (χ2v) is 5.72. The Bertz CT molecular complexity index is 216. The summed E-state index contributed by atoms with van der Waals surface area (Å²) in [6.07, 6.45) is 2.57. The van der Waals surface area contributed by atoms with Crippen molar-refractivity contribution in [2.24, 2.45) is 11.3 Å². The molecule has 15 heavy (non-hydrogen) atoms. The van der Waals surface area contributed by atoms with Crippen LogP contribution < -0.4 is 10.6 Å². The highest BCUT2D eigenvalue weighted by molar-refractivity contribution is 5.78. The van der Waals surface area contributed by atoms with Crippen molar-refractivity contribution in [1.82, 2.24) is 10.6 Å². The molecule has 1 atom stereocenters. The Morgan fingerprint density at radius 3 is 2.47 bits per heavy atom. The summed E-state index contributed by atoms with van der Waals surface area (Å²) >= 11 is 0. The molecule has 1 aliphatic rings. The maximum absolute atomic E-state index is 11.4. The summed E-state index contributed by atoms with van der Waals surface area (Å²) in [6.45, 7) is 9.94. The van der Waals surface area contributed by atoms with E-state index in [1.165, 1.54) is 12.8 Å². The van der Waals surface area contributed by atoms with E-state index in [0.717, 1.165) is 12.5 Å². The maximum atomic E-state index is 11.4. The van der Waals surface area contributed by atoms with E-state index in [-0.39, 0.29) is 11.3 Å². The van der Waals surface area contributed by atoms with E-state index in [4.69, 9.17) is 0 Å². The van der Waals surface area contributed by atoms with Crippen molar-refractivity contribution in [3.63, 3.8) is 0 Å². The third-order valence-corrected chi connectivity index (χ3v) is 3.15. The van der Waals surface area contributed by atoms with Crippen LogP contribution in [0, 0.1) is 11.3 Å². The summed E-state index contributed by atoms with van der Waals surface area (Å²) in [5, 5.41) is 6.20. The molecule has 3 nitrogen and oxygen atoms in total. The van der Waals surface area contributed by atoms with Gasteiger partial charge < -0.3 is 10.6 Å². The lowest BCUT2D eigenvalue weighted by molar-refractivity contribution is -0.120. The summed E-state index contributed by atoms with van der Waals surface area (Å²) < 4.78 is 0. The summed E-state index contributed by atoms with van der Waals surface area (Å²) in [5.41, 5.74) is 0.205. The summed E-state index contributed by atoms with van der Waals surface area (Å²) in [7, 11) is 0. The normalized spacial score (nSPS) is 18.7. The molecule has 0 heterocycles. The fourth-order valence-corrected chi connectivity index (χ4v) is 1.19. The molecule has 0 saturated heterocycles. The number of nitrogens with one attached hydrogen (secondary N) is 2. The molecule has 0 aliphatic heterocycles. The molecule has 1 fully saturated rings. The first-order valence-electron chi connectivity index (χ1n) is 5.89. The SMILES string of the molecule is CC(NCC(=O)NCC1CC1)C(C)(C)C. The van der Waals surface area contributed by atoms with Crippen LogP contribution in [0.3, 0.4) is 0 Å². The number of hydrogen-bond donors (Lipinski definition) is 2. The molecular formula is C12H24N2O. The van der Waals surface area contributed by atoms with Gasteiger partial charge in [-0.15, -0.1) is 0 Å². The predicted molar refractivity (Wildman–Crippen MR) is 62.7 cm³/mol. The molecule has 1 unspecified atom stereocenters. The van der Waals surface area contributed by atoms with Gasteiger partial charge in [-0.25, -0.2) is 0 Å². The predicted octanol–water partition coefficient (Wildman–Crippen LogP) is 1.54. The van der Waals surface area contributed by atoms with Crippen molar-refractivity contribution in [3.8, 4) is 0 Å². The molecule has 1 aliphatic carbocycles. The molecule has 0 bridgehead atoms. The Labute approximate surface area is 93.0 Å². The van der Waals surface area contributed by atoms with Gasteiger partial charge in [-0.2, -0.15) is 0 Å². The number of amides is 1. The Kier molecular flexibility index (Phi) is 4.14. The minimum absolute atomic E-state index is 0.123. The average Bonchev–Trinajstić information content (AvgIpc) is 2.92. The third kappa shape index (κ3) is 5.17. The number of carbonyl (C=O) groups is 1. The van der Waals surface area contributed by atoms with Crippen molar-refractivity contribution in [2.75, 3.05) is 13.1 Å². The van der Waals surface area contributed by atoms with Crippen LogP contribution in [0.5, 0.6) is 0 Å². The van der Waals surface area contributed by atoms with Gasteiger partial charge in [0.05, 0.1) is 6.54 Å². The largest absolute Gasteiger partial charge is 0.355 e. The number of hydrogen-bond acceptors (Lipinski definition) is 2. The smallest absolute Gasteiger partial charge is 0.233 e. The van der Waals surface area contributed by atoms with Crippen LogP contribution in [-0.4, -0.2) is 25.0 Å². The van der Waals surface area contributed by atoms with Crippen LogP contribution in [0.1, 0.15) is 40.5 Å². The highest BCUT2D eigenvalue weighted by atomic mass is 16.1. The van der Waals surface area contributed by atoms with E-state index in [9.17, 15) is 4.79 Å². The van der Waals surface area contributed by atoms with E-state index in [1.807, 2.05) is 0 Å². The lowest BCUT2D eigenvalue weighted by Gasteiger charge is -2.27. The molecule has 2 N–H and O–H groups in total. The molecule has 3 heteroatoms. The number of rotatable bonds is 5. The molecule has 0 aromatic carbocycles. The quantitative estimate of drug-likeness (QED) is 0.726. The van der Waals surface area contributed by atoms with Crippen LogP contribution >= 0.6 is 0 Å². The van der Waals surface area contributed by atoms with Crippen molar-refractivity contribution < 1.29 is 4.79 Å². The number of carbonyl (C=O) groups excluding carboxylic acids is 1. The van der Waals surface area contributed by atoms with E-state index in [0.29, 0.717) is 12.6 Å². The summed E-state index contributed by atoms with van der Waals surface area (Å²) in [4.78, 5) is 11.4. The first kappa shape index (κ1) is 12.5. The minimum Gasteiger partial charge on any atom is -0.355 e. The van der Waals surface area contributed by atoms with Crippen molar-refractivity contribution in [2.45, 2.75) is 46.6 Å². The average molecular weight is 212 g/mol. The van der Waals surface area contributed by atoms with E-state index >= 15 is 0 Å². The molecule has 0 radical (unpaired) electrons. The zero-order valence-corrected chi connectivity index (χ0v) is 10.4. The maximum Gasteiger partial charge on any atom is 0.233 e. The van der Waals surface area contributed by atoms with Gasteiger partial charge in [-0.05, 0) is 31.1 Å². The first-order valence-corrected chi connectivity index (χ1v) is 5.89. The molecule has 88 valence electrons. The Balaban J connectivity index is 2.09. The van der Waals surface area contributed by atoms with Gasteiger partial charge in [-0.1, -0.05) is 20.8 Å². The topological polar surface area (TPSA) is 41.1 Å². The molecule has 0 aromatic heterocycles. The van der Waals surface area contributed by atoms with Gasteiger partial charge in [0.25, 0.3) is 0 Å². The molecule has 0 spiro atoms. The van der Waals surface area contributed by atoms with Crippen LogP contribution in [-0.2, 0) is 4.79 Å².